The average Bonchev–Trinajstić information content (AvgIpc) is 2.90. The number of hydrogen-bond acceptors (Lipinski definition) is 5. The number of hydrogen-bond donors (Lipinski definition) is 3. The van der Waals surface area contributed by atoms with Crippen LogP contribution in [0.4, 0.5) is 5.69 Å². The van der Waals surface area contributed by atoms with Crippen molar-refractivity contribution in [3.8, 4) is 0 Å². The molecule has 0 spiro atoms. The molecule has 7 nitrogen and oxygen atoms in total. The molecular formula is C28H29N3O4S. The van der Waals surface area contributed by atoms with Crippen LogP contribution in [0.3, 0.4) is 0 Å². The fraction of sp³-hybridized carbons (Fsp3) is 0.214. The average molecular weight is 504 g/mol. The van der Waals surface area contributed by atoms with Crippen LogP contribution in [0.15, 0.2) is 84.9 Å². The van der Waals surface area contributed by atoms with Crippen LogP contribution in [0.2, 0.25) is 0 Å². The molecule has 2 amide bonds. The van der Waals surface area contributed by atoms with Gasteiger partial charge in [0.05, 0.1) is 13.0 Å². The molecule has 3 rings (SSSR count). The summed E-state index contributed by atoms with van der Waals surface area (Å²) in [5, 5.41) is 8.38. The quantitative estimate of drug-likeness (QED) is 0.204. The molecule has 3 aromatic carbocycles. The second kappa shape index (κ2) is 14.4. The molecule has 0 fully saturated rings. The number of carbonyl (C=O) groups is 3. The van der Waals surface area contributed by atoms with Crippen molar-refractivity contribution < 1.29 is 19.1 Å². The lowest BCUT2D eigenvalue weighted by molar-refractivity contribution is -0.145. The van der Waals surface area contributed by atoms with Crippen molar-refractivity contribution >= 4 is 40.8 Å². The number of thiocarbonyl (C=S) groups is 1. The second-order valence-corrected chi connectivity index (χ2v) is 8.47. The van der Waals surface area contributed by atoms with E-state index >= 15 is 0 Å². The molecule has 3 N–H and O–H groups in total. The van der Waals surface area contributed by atoms with Gasteiger partial charge < -0.3 is 20.7 Å². The molecule has 0 aliphatic rings. The van der Waals surface area contributed by atoms with Crippen molar-refractivity contribution in [1.82, 2.24) is 10.6 Å². The predicted molar refractivity (Wildman–Crippen MR) is 143 cm³/mol. The highest BCUT2D eigenvalue weighted by Crippen LogP contribution is 2.11. The highest BCUT2D eigenvalue weighted by molar-refractivity contribution is 7.80. The zero-order valence-corrected chi connectivity index (χ0v) is 20.7. The molecular weight excluding hydrogens is 474 g/mol. The van der Waals surface area contributed by atoms with E-state index in [0.29, 0.717) is 24.4 Å². The maximum atomic E-state index is 12.5. The highest BCUT2D eigenvalue weighted by Gasteiger charge is 2.11. The van der Waals surface area contributed by atoms with E-state index in [1.807, 2.05) is 60.7 Å². The van der Waals surface area contributed by atoms with Crippen molar-refractivity contribution in [2.24, 2.45) is 0 Å². The van der Waals surface area contributed by atoms with E-state index < -0.39 is 11.9 Å². The molecule has 186 valence electrons. The lowest BCUT2D eigenvalue weighted by Crippen LogP contribution is -2.34. The van der Waals surface area contributed by atoms with Crippen molar-refractivity contribution in [2.75, 3.05) is 11.9 Å². The minimum atomic E-state index is -0.425. The van der Waals surface area contributed by atoms with Gasteiger partial charge in [0.25, 0.3) is 5.91 Å². The zero-order chi connectivity index (χ0) is 25.6. The fourth-order valence-electron chi connectivity index (χ4n) is 3.36. The van der Waals surface area contributed by atoms with Crippen LogP contribution in [0.25, 0.3) is 0 Å². The molecule has 0 radical (unpaired) electrons. The normalized spacial score (nSPS) is 10.2. The topological polar surface area (TPSA) is 96.5 Å². The molecule has 3 aromatic rings. The van der Waals surface area contributed by atoms with Gasteiger partial charge in [-0.3, -0.25) is 14.4 Å². The van der Waals surface area contributed by atoms with Crippen LogP contribution >= 0.6 is 12.2 Å². The van der Waals surface area contributed by atoms with Gasteiger partial charge in [-0.05, 0) is 54.4 Å². The first-order valence-corrected chi connectivity index (χ1v) is 12.1. The third kappa shape index (κ3) is 9.68. The Morgan fingerprint density at radius 3 is 2.22 bits per heavy atom. The maximum Gasteiger partial charge on any atom is 0.306 e. The van der Waals surface area contributed by atoms with Gasteiger partial charge in [0.1, 0.15) is 0 Å². The molecule has 0 bridgehead atoms. The van der Waals surface area contributed by atoms with Crippen LogP contribution < -0.4 is 16.0 Å². The van der Waals surface area contributed by atoms with Crippen LogP contribution in [0.5, 0.6) is 0 Å². The molecule has 0 saturated carbocycles. The van der Waals surface area contributed by atoms with Crippen molar-refractivity contribution in [3.63, 3.8) is 0 Å². The zero-order valence-electron chi connectivity index (χ0n) is 19.9. The monoisotopic (exact) mass is 503 g/mol. The lowest BCUT2D eigenvalue weighted by atomic mass is 10.1. The SMILES string of the molecule is O=C(CCC(=O)OCCCc1ccccc1)NC(=S)Nc1cccc(C(=O)NCc2ccccc2)c1. The molecule has 0 atom stereocenters. The molecule has 36 heavy (non-hydrogen) atoms. The number of benzene rings is 3. The Bertz CT molecular complexity index is 1170. The van der Waals surface area contributed by atoms with Gasteiger partial charge in [0.15, 0.2) is 5.11 Å². The predicted octanol–water partition coefficient (Wildman–Crippen LogP) is 4.39. The van der Waals surface area contributed by atoms with E-state index in [0.717, 1.165) is 18.4 Å². The number of esters is 1. The fourth-order valence-corrected chi connectivity index (χ4v) is 3.60. The number of aryl methyl sites for hydroxylation is 1. The first kappa shape index (κ1) is 26.6. The Hall–Kier alpha value is -4.04. The van der Waals surface area contributed by atoms with E-state index in [1.54, 1.807) is 24.3 Å². The van der Waals surface area contributed by atoms with Gasteiger partial charge in [-0.2, -0.15) is 0 Å². The third-order valence-electron chi connectivity index (χ3n) is 5.20. The van der Waals surface area contributed by atoms with E-state index in [2.05, 4.69) is 16.0 Å². The summed E-state index contributed by atoms with van der Waals surface area (Å²) in [4.78, 5) is 36.5. The molecule has 0 aliphatic carbocycles. The van der Waals surface area contributed by atoms with Crippen molar-refractivity contribution in [1.29, 1.82) is 0 Å². The van der Waals surface area contributed by atoms with Gasteiger partial charge in [-0.15, -0.1) is 0 Å². The number of amides is 2. The Morgan fingerprint density at radius 2 is 1.50 bits per heavy atom. The molecule has 0 unspecified atom stereocenters. The van der Waals surface area contributed by atoms with Crippen LogP contribution in [-0.4, -0.2) is 29.5 Å². The largest absolute Gasteiger partial charge is 0.466 e. The summed E-state index contributed by atoms with van der Waals surface area (Å²) < 4.78 is 5.19. The number of rotatable bonds is 11. The Labute approximate surface area is 216 Å². The van der Waals surface area contributed by atoms with Gasteiger partial charge in [0, 0.05) is 24.2 Å². The highest BCUT2D eigenvalue weighted by atomic mass is 32.1. The van der Waals surface area contributed by atoms with E-state index in [1.165, 1.54) is 5.56 Å². The lowest BCUT2D eigenvalue weighted by Gasteiger charge is -2.11. The first-order chi connectivity index (χ1) is 17.5. The Balaban J connectivity index is 1.34. The summed E-state index contributed by atoms with van der Waals surface area (Å²) in [6.45, 7) is 0.728. The number of ether oxygens (including phenoxy) is 1. The van der Waals surface area contributed by atoms with Crippen LogP contribution in [-0.2, 0) is 27.3 Å². The first-order valence-electron chi connectivity index (χ1n) is 11.7. The van der Waals surface area contributed by atoms with Gasteiger partial charge in [0.2, 0.25) is 5.91 Å². The summed E-state index contributed by atoms with van der Waals surface area (Å²) in [6, 6.07) is 26.4. The van der Waals surface area contributed by atoms with E-state index in [9.17, 15) is 14.4 Å². The van der Waals surface area contributed by atoms with Gasteiger partial charge in [-0.25, -0.2) is 0 Å². The Kier molecular flexibility index (Phi) is 10.6. The third-order valence-corrected chi connectivity index (χ3v) is 5.41. The van der Waals surface area contributed by atoms with Gasteiger partial charge in [-0.1, -0.05) is 66.7 Å². The summed E-state index contributed by atoms with van der Waals surface area (Å²) in [7, 11) is 0. The summed E-state index contributed by atoms with van der Waals surface area (Å²) >= 11 is 5.19. The van der Waals surface area contributed by atoms with Crippen LogP contribution in [0.1, 0.15) is 40.7 Å². The smallest absolute Gasteiger partial charge is 0.306 e. The van der Waals surface area contributed by atoms with Crippen molar-refractivity contribution in [3.05, 3.63) is 102 Å². The molecule has 0 aromatic heterocycles. The second-order valence-electron chi connectivity index (χ2n) is 8.06. The number of carbonyl (C=O) groups excluding carboxylic acids is 3. The summed E-state index contributed by atoms with van der Waals surface area (Å²) in [5.41, 5.74) is 3.21. The standard InChI is InChI=1S/C28H29N3O4S/c32-25(16-17-26(33)35-18-8-13-21-9-3-1-4-10-21)31-28(36)30-24-15-7-14-23(19-24)27(34)29-20-22-11-5-2-6-12-22/h1-7,9-12,14-15,19H,8,13,16-18,20H2,(H,29,34)(H2,30,31,32,36). The Morgan fingerprint density at radius 1 is 0.806 bits per heavy atom. The van der Waals surface area contributed by atoms with E-state index in [-0.39, 0.29) is 23.9 Å². The van der Waals surface area contributed by atoms with E-state index in [4.69, 9.17) is 17.0 Å². The minimum Gasteiger partial charge on any atom is -0.466 e. The summed E-state index contributed by atoms with van der Waals surface area (Å²) in [6.07, 6.45) is 1.47. The van der Waals surface area contributed by atoms with Crippen LogP contribution in [0, 0.1) is 0 Å². The van der Waals surface area contributed by atoms with Crippen molar-refractivity contribution in [2.45, 2.75) is 32.2 Å². The minimum absolute atomic E-state index is 0.0309. The molecule has 0 aliphatic heterocycles. The number of anilines is 1. The maximum absolute atomic E-state index is 12.5. The molecule has 0 heterocycles. The molecule has 0 saturated heterocycles. The summed E-state index contributed by atoms with van der Waals surface area (Å²) in [5.74, 6) is -1.04. The number of nitrogens with one attached hydrogen (secondary N) is 3. The molecule has 8 heteroatoms. The van der Waals surface area contributed by atoms with Gasteiger partial charge >= 0.3 is 5.97 Å².